The van der Waals surface area contributed by atoms with Crippen LogP contribution in [0.3, 0.4) is 0 Å². The second kappa shape index (κ2) is 10.8. The molecule has 2 heterocycles. The first-order valence-electron chi connectivity index (χ1n) is 11.6. The van der Waals surface area contributed by atoms with Crippen LogP contribution in [0.2, 0.25) is 0 Å². The van der Waals surface area contributed by atoms with Gasteiger partial charge in [0.2, 0.25) is 0 Å². The summed E-state index contributed by atoms with van der Waals surface area (Å²) >= 11 is 3.44. The maximum Gasteiger partial charge on any atom is 0.323 e. The predicted molar refractivity (Wildman–Crippen MR) is 150 cm³/mol. The molecule has 0 aliphatic heterocycles. The average Bonchev–Trinajstić information content (AvgIpc) is 3.58. The van der Waals surface area contributed by atoms with Crippen LogP contribution >= 0.6 is 15.9 Å². The number of carbonyl (C=O) groups excluding carboxylic acids is 2. The number of aryl methyl sites for hydroxylation is 1. The number of nitrogens with one attached hydrogen (secondary N) is 4. The lowest BCUT2D eigenvalue weighted by atomic mass is 10.1. The number of aromatic nitrogens is 5. The van der Waals surface area contributed by atoms with E-state index in [0.29, 0.717) is 45.6 Å². The third-order valence-corrected chi connectivity index (χ3v) is 6.51. The minimum absolute atomic E-state index is 0.317. The van der Waals surface area contributed by atoms with Crippen LogP contribution < -0.4 is 25.4 Å². The molecule has 3 amide bonds. The van der Waals surface area contributed by atoms with Crippen molar-refractivity contribution in [2.24, 2.45) is 7.05 Å². The highest BCUT2D eigenvalue weighted by Gasteiger charge is 2.18. The first-order chi connectivity index (χ1) is 18.9. The fourth-order valence-electron chi connectivity index (χ4n) is 4.10. The molecule has 5 rings (SSSR count). The lowest BCUT2D eigenvalue weighted by molar-refractivity contribution is 0.101. The molecule has 13 heteroatoms. The Hall–Kier alpha value is -4.91. The summed E-state index contributed by atoms with van der Waals surface area (Å²) in [5.74, 6) is 1.18. The molecule has 0 saturated carbocycles. The number of anilines is 3. The Balaban J connectivity index is 1.36. The highest BCUT2D eigenvalue weighted by Crippen LogP contribution is 2.31. The van der Waals surface area contributed by atoms with Gasteiger partial charge in [-0.1, -0.05) is 22.0 Å². The third-order valence-electron chi connectivity index (χ3n) is 6.02. The minimum Gasteiger partial charge on any atom is -0.497 e. The number of hydrogen-bond acceptors (Lipinski definition) is 7. The maximum atomic E-state index is 13.3. The van der Waals surface area contributed by atoms with Gasteiger partial charge in [0.05, 0.1) is 31.1 Å². The third kappa shape index (κ3) is 5.38. The number of fused-ring (bicyclic) bond motifs is 1. The molecule has 39 heavy (non-hydrogen) atoms. The average molecular weight is 591 g/mol. The highest BCUT2D eigenvalue weighted by molar-refractivity contribution is 9.10. The van der Waals surface area contributed by atoms with Crippen molar-refractivity contribution in [3.05, 3.63) is 70.8 Å². The van der Waals surface area contributed by atoms with Gasteiger partial charge >= 0.3 is 6.03 Å². The number of tetrazole rings is 1. The van der Waals surface area contributed by atoms with Gasteiger partial charge in [0.15, 0.2) is 5.82 Å². The van der Waals surface area contributed by atoms with Crippen molar-refractivity contribution >= 4 is 55.8 Å². The molecule has 2 aromatic heterocycles. The number of methoxy groups -OCH3 is 2. The fraction of sp³-hybridized carbons (Fsp3) is 0.115. The fourth-order valence-corrected chi connectivity index (χ4v) is 4.46. The zero-order chi connectivity index (χ0) is 27.5. The lowest BCUT2D eigenvalue weighted by Crippen LogP contribution is -2.20. The summed E-state index contributed by atoms with van der Waals surface area (Å²) in [5, 5.41) is 23.3. The molecule has 3 aromatic carbocycles. The van der Waals surface area contributed by atoms with Crippen molar-refractivity contribution in [3.63, 3.8) is 0 Å². The van der Waals surface area contributed by atoms with Crippen LogP contribution in [0, 0.1) is 0 Å². The Labute approximate surface area is 230 Å². The van der Waals surface area contributed by atoms with E-state index in [-0.39, 0.29) is 5.91 Å². The van der Waals surface area contributed by atoms with Crippen molar-refractivity contribution in [1.29, 1.82) is 0 Å². The smallest absolute Gasteiger partial charge is 0.323 e. The number of H-pyrrole nitrogens is 1. The van der Waals surface area contributed by atoms with Crippen molar-refractivity contribution in [2.75, 3.05) is 30.2 Å². The quantitative estimate of drug-likeness (QED) is 0.207. The van der Waals surface area contributed by atoms with Gasteiger partial charge in [-0.3, -0.25) is 4.79 Å². The summed E-state index contributed by atoms with van der Waals surface area (Å²) in [6.45, 7) is 0. The number of carbonyl (C=O) groups is 2. The molecular formula is C26H23BrN8O4. The Morgan fingerprint density at radius 3 is 2.51 bits per heavy atom. The van der Waals surface area contributed by atoms with Crippen LogP contribution in [0.4, 0.5) is 21.9 Å². The van der Waals surface area contributed by atoms with Gasteiger partial charge < -0.3 is 30.0 Å². The van der Waals surface area contributed by atoms with Crippen LogP contribution in [-0.2, 0) is 7.05 Å². The SMILES string of the molecule is COc1ccc(OC)c(NC(=O)Nc2ccc3cc(C(=O)Nc4ccc(Br)cc4-c4nnn[nH]4)n(C)c3c2)c1. The van der Waals surface area contributed by atoms with E-state index in [0.717, 1.165) is 15.4 Å². The van der Waals surface area contributed by atoms with Crippen molar-refractivity contribution in [1.82, 2.24) is 25.2 Å². The molecule has 0 radical (unpaired) electrons. The highest BCUT2D eigenvalue weighted by atomic mass is 79.9. The number of ether oxygens (including phenoxy) is 2. The van der Waals surface area contributed by atoms with E-state index in [1.165, 1.54) is 7.11 Å². The predicted octanol–water partition coefficient (Wildman–Crippen LogP) is 5.03. The lowest BCUT2D eigenvalue weighted by Gasteiger charge is -2.13. The first-order valence-corrected chi connectivity index (χ1v) is 12.4. The van der Waals surface area contributed by atoms with Gasteiger partial charge in [-0.2, -0.15) is 0 Å². The number of rotatable bonds is 7. The first kappa shape index (κ1) is 25.7. The Bertz CT molecular complexity index is 1680. The molecule has 0 aliphatic rings. The largest absolute Gasteiger partial charge is 0.497 e. The van der Waals surface area contributed by atoms with Crippen LogP contribution in [0.5, 0.6) is 11.5 Å². The van der Waals surface area contributed by atoms with Gasteiger partial charge in [-0.05, 0) is 59.0 Å². The molecule has 0 unspecified atom stereocenters. The minimum atomic E-state index is -0.460. The van der Waals surface area contributed by atoms with Crippen LogP contribution in [-0.4, -0.2) is 51.3 Å². The molecule has 0 saturated heterocycles. The van der Waals surface area contributed by atoms with Gasteiger partial charge in [0.25, 0.3) is 5.91 Å². The number of benzene rings is 3. The molecule has 198 valence electrons. The van der Waals surface area contributed by atoms with E-state index in [2.05, 4.69) is 52.5 Å². The Morgan fingerprint density at radius 2 is 1.77 bits per heavy atom. The van der Waals surface area contributed by atoms with Crippen molar-refractivity contribution in [2.45, 2.75) is 0 Å². The van der Waals surface area contributed by atoms with E-state index in [1.54, 1.807) is 61.2 Å². The molecule has 0 spiro atoms. The topological polar surface area (TPSA) is 148 Å². The molecule has 0 aliphatic carbocycles. The van der Waals surface area contributed by atoms with E-state index in [9.17, 15) is 9.59 Å². The molecule has 4 N–H and O–H groups in total. The number of halogens is 1. The standard InChI is InChI=1S/C26H23BrN8O4/c1-35-21-12-16(28-26(37)30-20-13-17(38-2)7-9-23(20)39-3)6-4-14(21)10-22(35)25(36)29-19-8-5-15(27)11-18(19)24-31-33-34-32-24/h4-13H,1-3H3,(H,29,36)(H2,28,30,37)(H,31,32,33,34). The number of urea groups is 1. The maximum absolute atomic E-state index is 13.3. The second-order valence-electron chi connectivity index (χ2n) is 8.40. The summed E-state index contributed by atoms with van der Waals surface area (Å²) in [5.41, 5.74) is 3.36. The summed E-state index contributed by atoms with van der Waals surface area (Å²) in [7, 11) is 4.84. The molecular weight excluding hydrogens is 568 g/mol. The monoisotopic (exact) mass is 590 g/mol. The Kier molecular flexibility index (Phi) is 7.14. The molecule has 0 fully saturated rings. The summed E-state index contributed by atoms with van der Waals surface area (Å²) < 4.78 is 13.1. The molecule has 0 bridgehead atoms. The van der Waals surface area contributed by atoms with Gasteiger partial charge in [-0.25, -0.2) is 9.89 Å². The zero-order valence-electron chi connectivity index (χ0n) is 21.1. The summed E-state index contributed by atoms with van der Waals surface area (Å²) in [6, 6.07) is 17.2. The Morgan fingerprint density at radius 1 is 0.923 bits per heavy atom. The van der Waals surface area contributed by atoms with Gasteiger partial charge in [-0.15, -0.1) is 5.10 Å². The molecule has 0 atom stereocenters. The number of nitrogens with zero attached hydrogens (tertiary/aromatic N) is 4. The number of amides is 3. The second-order valence-corrected chi connectivity index (χ2v) is 9.32. The van der Waals surface area contributed by atoms with Crippen molar-refractivity contribution in [3.8, 4) is 22.9 Å². The summed E-state index contributed by atoms with van der Waals surface area (Å²) in [6.07, 6.45) is 0. The van der Waals surface area contributed by atoms with Gasteiger partial charge in [0.1, 0.15) is 17.2 Å². The molecule has 5 aromatic rings. The normalized spacial score (nSPS) is 10.8. The van der Waals surface area contributed by atoms with E-state index in [1.807, 2.05) is 18.2 Å². The number of hydrogen-bond donors (Lipinski definition) is 4. The van der Waals surface area contributed by atoms with Crippen LogP contribution in [0.1, 0.15) is 10.5 Å². The van der Waals surface area contributed by atoms with Crippen LogP contribution in [0.25, 0.3) is 22.3 Å². The summed E-state index contributed by atoms with van der Waals surface area (Å²) in [4.78, 5) is 26.0. The van der Waals surface area contributed by atoms with Crippen molar-refractivity contribution < 1.29 is 19.1 Å². The molecule has 12 nitrogen and oxygen atoms in total. The van der Waals surface area contributed by atoms with E-state index < -0.39 is 6.03 Å². The van der Waals surface area contributed by atoms with Gasteiger partial charge in [0, 0.05) is 34.2 Å². The zero-order valence-corrected chi connectivity index (χ0v) is 22.7. The van der Waals surface area contributed by atoms with E-state index in [4.69, 9.17) is 9.47 Å². The van der Waals surface area contributed by atoms with E-state index >= 15 is 0 Å². The number of aromatic amines is 1. The van der Waals surface area contributed by atoms with Crippen LogP contribution in [0.15, 0.2) is 65.1 Å².